The summed E-state index contributed by atoms with van der Waals surface area (Å²) < 4.78 is 6.44. The van der Waals surface area contributed by atoms with E-state index >= 15 is 0 Å². The van der Waals surface area contributed by atoms with Crippen LogP contribution in [0.4, 0.5) is 5.69 Å². The Balaban J connectivity index is 1.36. The number of rotatable bonds is 5. The molecule has 1 unspecified atom stereocenters. The summed E-state index contributed by atoms with van der Waals surface area (Å²) in [5.41, 5.74) is 1.93. The van der Waals surface area contributed by atoms with Gasteiger partial charge in [0.15, 0.2) is 0 Å². The summed E-state index contributed by atoms with van der Waals surface area (Å²) in [7, 11) is 0. The molecular weight excluding hydrogens is 440 g/mol. The van der Waals surface area contributed by atoms with E-state index in [1.807, 2.05) is 42.6 Å². The SMILES string of the molecule is Cc1cc(NC(=O)C2CCCN(Cc3nc(-c4cccs4)no3)C2)ccc1Br. The van der Waals surface area contributed by atoms with Crippen molar-refractivity contribution in [2.45, 2.75) is 26.3 Å². The van der Waals surface area contributed by atoms with Crippen LogP contribution in [-0.2, 0) is 11.3 Å². The maximum absolute atomic E-state index is 12.7. The van der Waals surface area contributed by atoms with Crippen LogP contribution in [0.3, 0.4) is 0 Å². The van der Waals surface area contributed by atoms with Crippen molar-refractivity contribution in [1.29, 1.82) is 0 Å². The molecule has 1 amide bonds. The summed E-state index contributed by atoms with van der Waals surface area (Å²) in [5.74, 6) is 1.24. The van der Waals surface area contributed by atoms with Gasteiger partial charge < -0.3 is 9.84 Å². The van der Waals surface area contributed by atoms with Gasteiger partial charge in [-0.3, -0.25) is 9.69 Å². The fourth-order valence-corrected chi connectivity index (χ4v) is 4.29. The maximum Gasteiger partial charge on any atom is 0.241 e. The Kier molecular flexibility index (Phi) is 5.89. The number of piperidine rings is 1. The minimum Gasteiger partial charge on any atom is -0.338 e. The molecule has 1 aliphatic heterocycles. The lowest BCUT2D eigenvalue weighted by Crippen LogP contribution is -2.40. The second kappa shape index (κ2) is 8.55. The summed E-state index contributed by atoms with van der Waals surface area (Å²) in [6.07, 6.45) is 1.87. The number of aryl methyl sites for hydroxylation is 1. The number of likely N-dealkylation sites (tertiary alicyclic amines) is 1. The highest BCUT2D eigenvalue weighted by Gasteiger charge is 2.27. The van der Waals surface area contributed by atoms with Gasteiger partial charge in [0.25, 0.3) is 0 Å². The average Bonchev–Trinajstić information content (AvgIpc) is 3.37. The molecule has 6 nitrogen and oxygen atoms in total. The summed E-state index contributed by atoms with van der Waals surface area (Å²) >= 11 is 5.08. The van der Waals surface area contributed by atoms with Crippen LogP contribution < -0.4 is 5.32 Å². The molecule has 1 atom stereocenters. The molecule has 0 bridgehead atoms. The Morgan fingerprint density at radius 2 is 2.32 bits per heavy atom. The normalized spacial score (nSPS) is 17.6. The highest BCUT2D eigenvalue weighted by Crippen LogP contribution is 2.24. The highest BCUT2D eigenvalue weighted by atomic mass is 79.9. The minimum atomic E-state index is -0.0441. The quantitative estimate of drug-likeness (QED) is 0.596. The fourth-order valence-electron chi connectivity index (χ4n) is 3.40. The summed E-state index contributed by atoms with van der Waals surface area (Å²) in [5, 5.41) is 9.11. The lowest BCUT2D eigenvalue weighted by Gasteiger charge is -2.30. The van der Waals surface area contributed by atoms with E-state index in [9.17, 15) is 4.79 Å². The number of nitrogens with zero attached hydrogens (tertiary/aromatic N) is 3. The Morgan fingerprint density at radius 3 is 3.11 bits per heavy atom. The van der Waals surface area contributed by atoms with Gasteiger partial charge in [0.2, 0.25) is 17.6 Å². The number of hydrogen-bond acceptors (Lipinski definition) is 6. The molecule has 1 aliphatic rings. The smallest absolute Gasteiger partial charge is 0.241 e. The second-order valence-electron chi connectivity index (χ2n) is 7.02. The van der Waals surface area contributed by atoms with Gasteiger partial charge in [-0.05, 0) is 61.5 Å². The lowest BCUT2D eigenvalue weighted by atomic mass is 9.97. The van der Waals surface area contributed by atoms with Crippen molar-refractivity contribution in [2.24, 2.45) is 5.92 Å². The van der Waals surface area contributed by atoms with Crippen LogP contribution in [0.5, 0.6) is 0 Å². The first-order chi connectivity index (χ1) is 13.6. The molecule has 3 aromatic rings. The number of hydrogen-bond donors (Lipinski definition) is 1. The van der Waals surface area contributed by atoms with Gasteiger partial charge in [-0.1, -0.05) is 27.2 Å². The summed E-state index contributed by atoms with van der Waals surface area (Å²) in [6.45, 7) is 4.20. The first-order valence-electron chi connectivity index (χ1n) is 9.24. The van der Waals surface area contributed by atoms with Crippen molar-refractivity contribution in [3.05, 3.63) is 51.6 Å². The molecule has 4 rings (SSSR count). The van der Waals surface area contributed by atoms with Crippen LogP contribution in [0, 0.1) is 12.8 Å². The molecule has 0 aliphatic carbocycles. The zero-order chi connectivity index (χ0) is 19.5. The number of anilines is 1. The first kappa shape index (κ1) is 19.3. The van der Waals surface area contributed by atoms with E-state index in [-0.39, 0.29) is 11.8 Å². The molecule has 28 heavy (non-hydrogen) atoms. The van der Waals surface area contributed by atoms with E-state index in [2.05, 4.69) is 36.3 Å². The van der Waals surface area contributed by atoms with E-state index in [0.29, 0.717) is 24.8 Å². The largest absolute Gasteiger partial charge is 0.338 e. The molecule has 0 radical (unpaired) electrons. The standard InChI is InChI=1S/C20H21BrN4O2S/c1-13-10-15(6-7-16(13)21)22-20(26)14-4-2-8-25(11-14)12-18-23-19(24-27-18)17-5-3-9-28-17/h3,5-7,9-10,14H,2,4,8,11-12H2,1H3,(H,22,26). The van der Waals surface area contributed by atoms with Gasteiger partial charge in [0.05, 0.1) is 17.3 Å². The van der Waals surface area contributed by atoms with Gasteiger partial charge in [0, 0.05) is 16.7 Å². The average molecular weight is 461 g/mol. The summed E-state index contributed by atoms with van der Waals surface area (Å²) in [6, 6.07) is 9.80. The van der Waals surface area contributed by atoms with E-state index in [1.165, 1.54) is 0 Å². The zero-order valence-corrected chi connectivity index (χ0v) is 17.9. The Hall–Kier alpha value is -2.03. The first-order valence-corrected chi connectivity index (χ1v) is 10.9. The zero-order valence-electron chi connectivity index (χ0n) is 15.5. The summed E-state index contributed by atoms with van der Waals surface area (Å²) in [4.78, 5) is 20.4. The Labute approximate surface area is 176 Å². The molecule has 0 saturated carbocycles. The number of thiophene rings is 1. The predicted octanol–water partition coefficient (Wildman–Crippen LogP) is 4.72. The molecular formula is C20H21BrN4O2S. The number of carbonyl (C=O) groups excluding carboxylic acids is 1. The number of benzene rings is 1. The number of aromatic nitrogens is 2. The topological polar surface area (TPSA) is 71.3 Å². The van der Waals surface area contributed by atoms with Crippen LogP contribution in [0.1, 0.15) is 24.3 Å². The van der Waals surface area contributed by atoms with Gasteiger partial charge in [-0.2, -0.15) is 4.98 Å². The van der Waals surface area contributed by atoms with Gasteiger partial charge in [-0.15, -0.1) is 11.3 Å². The van der Waals surface area contributed by atoms with Crippen molar-refractivity contribution >= 4 is 38.9 Å². The lowest BCUT2D eigenvalue weighted by molar-refractivity contribution is -0.121. The highest BCUT2D eigenvalue weighted by molar-refractivity contribution is 9.10. The van der Waals surface area contributed by atoms with Crippen molar-refractivity contribution < 1.29 is 9.32 Å². The van der Waals surface area contributed by atoms with E-state index < -0.39 is 0 Å². The van der Waals surface area contributed by atoms with Gasteiger partial charge in [0.1, 0.15) is 0 Å². The minimum absolute atomic E-state index is 0.0441. The third-order valence-electron chi connectivity index (χ3n) is 4.87. The number of amides is 1. The van der Waals surface area contributed by atoms with Gasteiger partial charge in [-0.25, -0.2) is 0 Å². The van der Waals surface area contributed by atoms with E-state index in [0.717, 1.165) is 40.0 Å². The van der Waals surface area contributed by atoms with Crippen molar-refractivity contribution in [2.75, 3.05) is 18.4 Å². The third-order valence-corrected chi connectivity index (χ3v) is 6.63. The Bertz CT molecular complexity index is 957. The van der Waals surface area contributed by atoms with E-state index in [1.54, 1.807) is 11.3 Å². The molecule has 1 aromatic carbocycles. The van der Waals surface area contributed by atoms with E-state index in [4.69, 9.17) is 4.52 Å². The molecule has 3 heterocycles. The second-order valence-corrected chi connectivity index (χ2v) is 8.82. The van der Waals surface area contributed by atoms with Crippen molar-refractivity contribution in [3.63, 3.8) is 0 Å². The molecule has 1 saturated heterocycles. The molecule has 1 N–H and O–H groups in total. The third kappa shape index (κ3) is 4.51. The number of halogens is 1. The predicted molar refractivity (Wildman–Crippen MR) is 113 cm³/mol. The molecule has 2 aromatic heterocycles. The molecule has 0 spiro atoms. The van der Waals surface area contributed by atoms with Crippen molar-refractivity contribution in [3.8, 4) is 10.7 Å². The number of carbonyl (C=O) groups is 1. The van der Waals surface area contributed by atoms with Crippen molar-refractivity contribution in [1.82, 2.24) is 15.0 Å². The van der Waals surface area contributed by atoms with Crippen LogP contribution in [0.15, 0.2) is 44.7 Å². The van der Waals surface area contributed by atoms with Crippen LogP contribution in [-0.4, -0.2) is 34.0 Å². The molecule has 146 valence electrons. The fraction of sp³-hybridized carbons (Fsp3) is 0.350. The van der Waals surface area contributed by atoms with Crippen LogP contribution in [0.2, 0.25) is 0 Å². The van der Waals surface area contributed by atoms with Crippen LogP contribution >= 0.6 is 27.3 Å². The molecule has 8 heteroatoms. The maximum atomic E-state index is 12.7. The van der Waals surface area contributed by atoms with Gasteiger partial charge >= 0.3 is 0 Å². The monoisotopic (exact) mass is 460 g/mol. The molecule has 1 fully saturated rings. The number of nitrogens with one attached hydrogen (secondary N) is 1. The Morgan fingerprint density at radius 1 is 1.43 bits per heavy atom. The van der Waals surface area contributed by atoms with Crippen LogP contribution in [0.25, 0.3) is 10.7 Å².